The van der Waals surface area contributed by atoms with Gasteiger partial charge in [-0.25, -0.2) is 0 Å². The zero-order chi connectivity index (χ0) is 18.8. The van der Waals surface area contributed by atoms with Gasteiger partial charge >= 0.3 is 0 Å². The zero-order valence-corrected chi connectivity index (χ0v) is 16.4. The summed E-state index contributed by atoms with van der Waals surface area (Å²) in [5.74, 6) is 0. The lowest BCUT2D eigenvalue weighted by Gasteiger charge is -2.07. The van der Waals surface area contributed by atoms with Crippen LogP contribution in [-0.4, -0.2) is 9.97 Å². The second-order valence-corrected chi connectivity index (χ2v) is 7.39. The molecule has 0 saturated heterocycles. The fourth-order valence-electron chi connectivity index (χ4n) is 3.08. The van der Waals surface area contributed by atoms with Gasteiger partial charge in [0.25, 0.3) is 0 Å². The van der Waals surface area contributed by atoms with Crippen molar-refractivity contribution >= 4 is 50.1 Å². The molecule has 0 spiro atoms. The molecule has 0 fully saturated rings. The Hall–Kier alpha value is -2.87. The van der Waals surface area contributed by atoms with E-state index in [1.54, 1.807) is 12.4 Å². The number of fused-ring (bicyclic) bond motifs is 1. The highest BCUT2D eigenvalue weighted by Gasteiger charge is 2.11. The van der Waals surface area contributed by atoms with Crippen LogP contribution in [0.15, 0.2) is 71.6 Å². The Morgan fingerprint density at radius 3 is 2.89 bits per heavy atom. The zero-order valence-electron chi connectivity index (χ0n) is 14.1. The summed E-state index contributed by atoms with van der Waals surface area (Å²) in [4.78, 5) is 7.44. The number of pyridine rings is 1. The Morgan fingerprint density at radius 1 is 1.19 bits per heavy atom. The molecule has 27 heavy (non-hydrogen) atoms. The molecule has 2 aromatic carbocycles. The first-order valence-electron chi connectivity index (χ1n) is 8.24. The predicted octanol–water partition coefficient (Wildman–Crippen LogP) is 6.71. The number of benzene rings is 2. The highest BCUT2D eigenvalue weighted by atomic mass is 79.9. The lowest BCUT2D eigenvalue weighted by molar-refractivity contribution is 1.32. The van der Waals surface area contributed by atoms with Crippen molar-refractivity contribution in [2.45, 2.75) is 0 Å². The van der Waals surface area contributed by atoms with E-state index in [4.69, 9.17) is 11.6 Å². The Balaban J connectivity index is 1.87. The number of nitrogens with zero attached hydrogens (tertiary/aromatic N) is 2. The molecule has 0 aliphatic carbocycles. The van der Waals surface area contributed by atoms with Gasteiger partial charge in [0.1, 0.15) is 0 Å². The molecule has 4 rings (SSSR count). The maximum atomic E-state index is 9.80. The summed E-state index contributed by atoms with van der Waals surface area (Å²) in [5, 5.41) is 11.4. The molecular formula is C22H13BrClN3. The first-order chi connectivity index (χ1) is 13.2. The van der Waals surface area contributed by atoms with Crippen LogP contribution < -0.4 is 0 Å². The van der Waals surface area contributed by atoms with E-state index in [0.717, 1.165) is 37.6 Å². The highest BCUT2D eigenvalue weighted by molar-refractivity contribution is 9.10. The number of halogens is 2. The van der Waals surface area contributed by atoms with Gasteiger partial charge in [-0.05, 0) is 53.6 Å². The topological polar surface area (TPSA) is 52.5 Å². The summed E-state index contributed by atoms with van der Waals surface area (Å²) in [6.07, 6.45) is 7.23. The average molecular weight is 435 g/mol. The van der Waals surface area contributed by atoms with Gasteiger partial charge in [0.2, 0.25) is 0 Å². The molecule has 0 saturated carbocycles. The molecule has 0 unspecified atom stereocenters. The molecule has 4 aromatic rings. The molecule has 130 valence electrons. The molecule has 2 heterocycles. The number of aromatic amines is 1. The first-order valence-corrected chi connectivity index (χ1v) is 9.41. The monoisotopic (exact) mass is 433 g/mol. The summed E-state index contributed by atoms with van der Waals surface area (Å²) in [6.45, 7) is 0. The van der Waals surface area contributed by atoms with Gasteiger partial charge in [-0.2, -0.15) is 5.26 Å². The molecule has 0 amide bonds. The fourth-order valence-corrected chi connectivity index (χ4v) is 3.65. The third-order valence-electron chi connectivity index (χ3n) is 4.34. The number of aromatic nitrogens is 2. The summed E-state index contributed by atoms with van der Waals surface area (Å²) in [5.41, 5.74) is 5.25. The van der Waals surface area contributed by atoms with Crippen molar-refractivity contribution in [3.05, 3.63) is 87.7 Å². The van der Waals surface area contributed by atoms with Crippen LogP contribution in [0.5, 0.6) is 0 Å². The number of H-pyrrole nitrogens is 1. The van der Waals surface area contributed by atoms with Crippen molar-refractivity contribution in [2.75, 3.05) is 0 Å². The van der Waals surface area contributed by atoms with Gasteiger partial charge in [-0.15, -0.1) is 0 Å². The van der Waals surface area contributed by atoms with Crippen molar-refractivity contribution in [1.82, 2.24) is 9.97 Å². The van der Waals surface area contributed by atoms with E-state index in [1.807, 2.05) is 60.8 Å². The number of hydrogen-bond donors (Lipinski definition) is 1. The molecule has 0 atom stereocenters. The lowest BCUT2D eigenvalue weighted by atomic mass is 9.98. The number of rotatable bonds is 3. The minimum absolute atomic E-state index is 0.549. The highest BCUT2D eigenvalue weighted by Crippen LogP contribution is 2.31. The maximum absolute atomic E-state index is 9.80. The van der Waals surface area contributed by atoms with Crippen LogP contribution in [0.4, 0.5) is 0 Å². The van der Waals surface area contributed by atoms with E-state index in [0.29, 0.717) is 10.6 Å². The van der Waals surface area contributed by atoms with E-state index < -0.39 is 0 Å². The van der Waals surface area contributed by atoms with Crippen LogP contribution in [0.25, 0.3) is 33.7 Å². The van der Waals surface area contributed by atoms with Crippen LogP contribution >= 0.6 is 27.5 Å². The largest absolute Gasteiger partial charge is 0.361 e. The van der Waals surface area contributed by atoms with Crippen molar-refractivity contribution in [3.63, 3.8) is 0 Å². The summed E-state index contributed by atoms with van der Waals surface area (Å²) < 4.78 is 0.999. The molecule has 1 N–H and O–H groups in total. The van der Waals surface area contributed by atoms with E-state index in [-0.39, 0.29) is 0 Å². The molecular weight excluding hydrogens is 422 g/mol. The molecule has 0 bridgehead atoms. The third kappa shape index (κ3) is 3.52. The van der Waals surface area contributed by atoms with Gasteiger partial charge in [0.05, 0.1) is 11.6 Å². The van der Waals surface area contributed by atoms with Crippen molar-refractivity contribution in [3.8, 4) is 17.2 Å². The van der Waals surface area contributed by atoms with E-state index in [1.165, 1.54) is 0 Å². The normalized spacial score (nSPS) is 11.5. The van der Waals surface area contributed by atoms with Gasteiger partial charge < -0.3 is 4.98 Å². The minimum atomic E-state index is 0.549. The van der Waals surface area contributed by atoms with E-state index in [9.17, 15) is 5.26 Å². The fraction of sp³-hybridized carbons (Fsp3) is 0. The molecule has 5 heteroatoms. The Morgan fingerprint density at radius 2 is 2.07 bits per heavy atom. The van der Waals surface area contributed by atoms with Gasteiger partial charge in [-0.1, -0.05) is 39.7 Å². The molecule has 3 nitrogen and oxygen atoms in total. The first kappa shape index (κ1) is 17.5. The lowest BCUT2D eigenvalue weighted by Crippen LogP contribution is -1.87. The quantitative estimate of drug-likeness (QED) is 0.364. The summed E-state index contributed by atoms with van der Waals surface area (Å²) in [6, 6.07) is 17.9. The van der Waals surface area contributed by atoms with Crippen LogP contribution in [0.1, 0.15) is 11.1 Å². The molecule has 0 aliphatic heterocycles. The van der Waals surface area contributed by atoms with E-state index >= 15 is 0 Å². The Kier molecular flexibility index (Phi) is 4.81. The second kappa shape index (κ2) is 7.40. The van der Waals surface area contributed by atoms with Gasteiger partial charge in [-0.3, -0.25) is 4.98 Å². The average Bonchev–Trinajstić information content (AvgIpc) is 3.09. The van der Waals surface area contributed by atoms with E-state index in [2.05, 4.69) is 32.0 Å². The van der Waals surface area contributed by atoms with Crippen molar-refractivity contribution < 1.29 is 0 Å². The number of allylic oxidation sites excluding steroid dienone is 1. The summed E-state index contributed by atoms with van der Waals surface area (Å²) in [7, 11) is 0. The smallest absolute Gasteiger partial charge is 0.0998 e. The van der Waals surface area contributed by atoms with Crippen LogP contribution in [-0.2, 0) is 0 Å². The van der Waals surface area contributed by atoms with Crippen LogP contribution in [0, 0.1) is 11.3 Å². The molecule has 0 aliphatic rings. The van der Waals surface area contributed by atoms with Gasteiger partial charge in [0, 0.05) is 50.1 Å². The van der Waals surface area contributed by atoms with Crippen LogP contribution in [0.2, 0.25) is 5.02 Å². The standard InChI is InChI=1S/C22H13BrClN3/c23-17-3-1-2-14(9-17)19-6-7-26-12-16(19)8-15(11-25)21-13-27-22-5-4-18(24)10-20(21)22/h1-10,12-13,27H/b15-8+. The number of nitriles is 1. The predicted molar refractivity (Wildman–Crippen MR) is 114 cm³/mol. The molecule has 0 radical (unpaired) electrons. The van der Waals surface area contributed by atoms with Crippen LogP contribution in [0.3, 0.4) is 0 Å². The SMILES string of the molecule is N#C/C(=C\c1cnccc1-c1cccc(Br)c1)c1c[nH]c2ccc(Cl)cc12. The Bertz CT molecular complexity index is 1220. The number of hydrogen-bond acceptors (Lipinski definition) is 2. The minimum Gasteiger partial charge on any atom is -0.361 e. The third-order valence-corrected chi connectivity index (χ3v) is 5.07. The summed E-state index contributed by atoms with van der Waals surface area (Å²) >= 11 is 9.66. The van der Waals surface area contributed by atoms with Crippen molar-refractivity contribution in [2.24, 2.45) is 0 Å². The molecule has 2 aromatic heterocycles. The Labute approximate surface area is 170 Å². The van der Waals surface area contributed by atoms with Gasteiger partial charge in [0.15, 0.2) is 0 Å². The maximum Gasteiger partial charge on any atom is 0.0998 e. The second-order valence-electron chi connectivity index (χ2n) is 6.04. The number of nitrogens with one attached hydrogen (secondary N) is 1. The van der Waals surface area contributed by atoms with Crippen molar-refractivity contribution in [1.29, 1.82) is 5.26 Å².